The highest BCUT2D eigenvalue weighted by atomic mass is 19.4. The summed E-state index contributed by atoms with van der Waals surface area (Å²) in [7, 11) is 0. The summed E-state index contributed by atoms with van der Waals surface area (Å²) in [6, 6.07) is 13.3. The average molecular weight is 537 g/mol. The molecule has 9 nitrogen and oxygen atoms in total. The van der Waals surface area contributed by atoms with Crippen molar-refractivity contribution in [3.05, 3.63) is 70.7 Å². The van der Waals surface area contributed by atoms with Crippen LogP contribution in [0.15, 0.2) is 63.8 Å². The number of likely N-dealkylation sites (tertiary alicyclic amines) is 1. The van der Waals surface area contributed by atoms with Gasteiger partial charge in [0.15, 0.2) is 11.7 Å². The van der Waals surface area contributed by atoms with E-state index in [2.05, 4.69) is 9.82 Å². The molecular weight excluding hydrogens is 521 g/mol. The van der Waals surface area contributed by atoms with Crippen LogP contribution < -0.4 is 15.3 Å². The Morgan fingerprint density at radius 3 is 2.61 bits per heavy atom. The maximum atomic E-state index is 14.7. The standard InChI is InChI=1S/C24H16F5N3O6/c25-23(26)9-10-31(12-18(23)37-19-8-6-13-3-1-2-4-15(13)30-19)20(33)14-5-7-16-17(11-14)36-22(35)32(16)38-21(34)24(27,28)29/h1-8,11,18H,9-10,12H2/t18-/m0/s1. The average Bonchev–Trinajstić information content (AvgIpc) is 3.18. The van der Waals surface area contributed by atoms with Crippen molar-refractivity contribution < 1.29 is 45.5 Å². The number of oxazole rings is 1. The molecule has 1 aliphatic rings. The molecule has 0 spiro atoms. The number of piperidine rings is 1. The molecule has 2 aromatic heterocycles. The Morgan fingerprint density at radius 2 is 1.84 bits per heavy atom. The fraction of sp³-hybridized carbons (Fsp3) is 0.250. The van der Waals surface area contributed by atoms with Crippen molar-refractivity contribution >= 4 is 33.9 Å². The molecule has 1 saturated heterocycles. The summed E-state index contributed by atoms with van der Waals surface area (Å²) in [6.45, 7) is -0.810. The molecule has 3 heterocycles. The molecule has 0 saturated carbocycles. The molecule has 1 atom stereocenters. The second-order valence-electron chi connectivity index (χ2n) is 8.43. The summed E-state index contributed by atoms with van der Waals surface area (Å²) in [4.78, 5) is 45.5. The van der Waals surface area contributed by atoms with Gasteiger partial charge in [0.25, 0.3) is 11.8 Å². The van der Waals surface area contributed by atoms with Crippen LogP contribution in [0.4, 0.5) is 22.0 Å². The molecule has 14 heteroatoms. The van der Waals surface area contributed by atoms with Crippen molar-refractivity contribution in [2.45, 2.75) is 24.6 Å². The molecule has 0 radical (unpaired) electrons. The molecule has 0 unspecified atom stereocenters. The number of pyridine rings is 1. The normalized spacial score (nSPS) is 17.5. The summed E-state index contributed by atoms with van der Waals surface area (Å²) in [5.41, 5.74) is -0.266. The highest BCUT2D eigenvalue weighted by Gasteiger charge is 2.47. The number of ether oxygens (including phenoxy) is 1. The van der Waals surface area contributed by atoms with Gasteiger partial charge in [0.2, 0.25) is 5.88 Å². The monoisotopic (exact) mass is 537 g/mol. The lowest BCUT2D eigenvalue weighted by atomic mass is 10.0. The molecule has 4 aromatic rings. The number of hydrogen-bond acceptors (Lipinski definition) is 7. The maximum absolute atomic E-state index is 14.7. The Kier molecular flexibility index (Phi) is 6.04. The van der Waals surface area contributed by atoms with Crippen LogP contribution in [0, 0.1) is 0 Å². The van der Waals surface area contributed by atoms with E-state index in [9.17, 15) is 36.3 Å². The van der Waals surface area contributed by atoms with Crippen molar-refractivity contribution in [1.82, 2.24) is 14.6 Å². The number of alkyl halides is 5. The highest BCUT2D eigenvalue weighted by Crippen LogP contribution is 2.32. The first-order chi connectivity index (χ1) is 17.9. The van der Waals surface area contributed by atoms with Gasteiger partial charge in [0, 0.05) is 30.0 Å². The van der Waals surface area contributed by atoms with Crippen molar-refractivity contribution in [2.75, 3.05) is 13.1 Å². The van der Waals surface area contributed by atoms with Crippen molar-refractivity contribution in [3.63, 3.8) is 0 Å². The van der Waals surface area contributed by atoms with E-state index in [1.807, 2.05) is 0 Å². The van der Waals surface area contributed by atoms with Gasteiger partial charge >= 0.3 is 17.9 Å². The molecule has 1 amide bonds. The van der Waals surface area contributed by atoms with Gasteiger partial charge in [-0.2, -0.15) is 13.2 Å². The SMILES string of the molecule is O=C(c1ccc2c(c1)oc(=O)n2OC(=O)C(F)(F)F)N1CCC(F)(F)[C@@H](Oc2ccc3ccccc3n2)C1. The number of aromatic nitrogens is 2. The topological polar surface area (TPSA) is 104 Å². The van der Waals surface area contributed by atoms with Gasteiger partial charge in [-0.05, 0) is 30.3 Å². The number of hydrogen-bond donors (Lipinski definition) is 0. The number of amides is 1. The number of nitrogens with zero attached hydrogens (tertiary/aromatic N) is 3. The molecule has 198 valence electrons. The van der Waals surface area contributed by atoms with Crippen LogP contribution in [0.2, 0.25) is 0 Å². The Balaban J connectivity index is 1.36. The van der Waals surface area contributed by atoms with E-state index in [0.29, 0.717) is 5.52 Å². The van der Waals surface area contributed by atoms with E-state index in [-0.39, 0.29) is 33.8 Å². The predicted octanol–water partition coefficient (Wildman–Crippen LogP) is 3.59. The molecule has 0 aliphatic carbocycles. The predicted molar refractivity (Wildman–Crippen MR) is 120 cm³/mol. The summed E-state index contributed by atoms with van der Waals surface area (Å²) in [5, 5.41) is 0.788. The van der Waals surface area contributed by atoms with Crippen molar-refractivity contribution in [2.24, 2.45) is 0 Å². The molecular formula is C24H16F5N3O6. The zero-order valence-corrected chi connectivity index (χ0v) is 19.1. The number of carbonyl (C=O) groups is 2. The van der Waals surface area contributed by atoms with E-state index >= 15 is 0 Å². The van der Waals surface area contributed by atoms with E-state index < -0.39 is 48.8 Å². The van der Waals surface area contributed by atoms with Crippen LogP contribution in [0.3, 0.4) is 0 Å². The number of carbonyl (C=O) groups excluding carboxylic acids is 2. The smallest absolute Gasteiger partial charge is 0.466 e. The first-order valence-electron chi connectivity index (χ1n) is 11.1. The molecule has 5 rings (SSSR count). The summed E-state index contributed by atoms with van der Waals surface area (Å²) >= 11 is 0. The minimum Gasteiger partial charge on any atom is -0.466 e. The van der Waals surface area contributed by atoms with Crippen LogP contribution in [-0.2, 0) is 4.79 Å². The number of fused-ring (bicyclic) bond motifs is 2. The quantitative estimate of drug-likeness (QED) is 0.367. The molecule has 0 N–H and O–H groups in total. The minimum absolute atomic E-state index is 0.00128. The third-order valence-corrected chi connectivity index (χ3v) is 5.89. The Morgan fingerprint density at radius 1 is 1.08 bits per heavy atom. The highest BCUT2D eigenvalue weighted by molar-refractivity contribution is 5.97. The molecule has 38 heavy (non-hydrogen) atoms. The summed E-state index contributed by atoms with van der Waals surface area (Å²) in [5.74, 6) is -8.11. The van der Waals surface area contributed by atoms with Gasteiger partial charge in [0.1, 0.15) is 5.52 Å². The van der Waals surface area contributed by atoms with Gasteiger partial charge < -0.3 is 18.9 Å². The van der Waals surface area contributed by atoms with Crippen LogP contribution in [0.5, 0.6) is 5.88 Å². The van der Waals surface area contributed by atoms with Crippen molar-refractivity contribution in [1.29, 1.82) is 0 Å². The van der Waals surface area contributed by atoms with Crippen molar-refractivity contribution in [3.8, 4) is 5.88 Å². The maximum Gasteiger partial charge on any atom is 0.493 e. The number of rotatable bonds is 4. The lowest BCUT2D eigenvalue weighted by molar-refractivity contribution is -0.200. The first-order valence-corrected chi connectivity index (χ1v) is 11.1. The Labute approximate surface area is 208 Å². The van der Waals surface area contributed by atoms with E-state index in [1.165, 1.54) is 6.07 Å². The zero-order chi connectivity index (χ0) is 27.2. The third-order valence-electron chi connectivity index (χ3n) is 5.89. The van der Waals surface area contributed by atoms with E-state index in [1.54, 1.807) is 30.3 Å². The fourth-order valence-corrected chi connectivity index (χ4v) is 3.97. The van der Waals surface area contributed by atoms with E-state index in [4.69, 9.17) is 9.15 Å². The van der Waals surface area contributed by atoms with Gasteiger partial charge in [-0.1, -0.05) is 22.9 Å². The van der Waals surface area contributed by atoms with Gasteiger partial charge in [-0.15, -0.1) is 0 Å². The number of para-hydroxylation sites is 1. The lowest BCUT2D eigenvalue weighted by Gasteiger charge is -2.38. The lowest BCUT2D eigenvalue weighted by Crippen LogP contribution is -2.55. The second-order valence-corrected chi connectivity index (χ2v) is 8.43. The Bertz CT molecular complexity index is 1610. The van der Waals surface area contributed by atoms with Gasteiger partial charge in [-0.3, -0.25) is 4.79 Å². The fourth-order valence-electron chi connectivity index (χ4n) is 3.97. The molecule has 1 fully saturated rings. The van der Waals surface area contributed by atoms with Crippen LogP contribution in [0.25, 0.3) is 22.0 Å². The molecule has 0 bridgehead atoms. The second kappa shape index (κ2) is 9.11. The van der Waals surface area contributed by atoms with Crippen LogP contribution >= 0.6 is 0 Å². The number of benzene rings is 2. The summed E-state index contributed by atoms with van der Waals surface area (Å²) < 4.78 is 77.2. The van der Waals surface area contributed by atoms with Crippen LogP contribution in [0.1, 0.15) is 16.8 Å². The zero-order valence-electron chi connectivity index (χ0n) is 19.1. The van der Waals surface area contributed by atoms with E-state index in [0.717, 1.165) is 28.5 Å². The number of halogens is 5. The minimum atomic E-state index is -5.36. The van der Waals surface area contributed by atoms with Crippen LogP contribution in [-0.4, -0.2) is 57.8 Å². The first kappa shape index (κ1) is 25.2. The Hall–Kier alpha value is -4.49. The summed E-state index contributed by atoms with van der Waals surface area (Å²) in [6.07, 6.45) is -7.77. The largest absolute Gasteiger partial charge is 0.493 e. The van der Waals surface area contributed by atoms with Gasteiger partial charge in [-0.25, -0.2) is 23.4 Å². The molecule has 1 aliphatic heterocycles. The third kappa shape index (κ3) is 4.76. The van der Waals surface area contributed by atoms with Gasteiger partial charge in [0.05, 0.1) is 12.1 Å². The molecule has 2 aromatic carbocycles.